The van der Waals surface area contributed by atoms with Crippen molar-refractivity contribution in [2.75, 3.05) is 5.75 Å². The monoisotopic (exact) mass is 203 g/mol. The van der Waals surface area contributed by atoms with Crippen LogP contribution >= 0.6 is 25.0 Å². The summed E-state index contributed by atoms with van der Waals surface area (Å²) in [7, 11) is 0. The van der Waals surface area contributed by atoms with Crippen molar-refractivity contribution in [3.05, 3.63) is 35.9 Å². The van der Waals surface area contributed by atoms with Gasteiger partial charge in [0.2, 0.25) is 0 Å². The van der Waals surface area contributed by atoms with E-state index in [4.69, 9.17) is 5.73 Å². The van der Waals surface area contributed by atoms with E-state index in [-0.39, 0.29) is 18.4 Å². The highest BCUT2D eigenvalue weighted by Crippen LogP contribution is 2.01. The zero-order valence-electron chi connectivity index (χ0n) is 6.81. The third-order valence-corrected chi connectivity index (χ3v) is 2.04. The first-order valence-electron chi connectivity index (χ1n) is 3.73. The van der Waals surface area contributed by atoms with E-state index in [0.29, 0.717) is 0 Å². The first-order chi connectivity index (χ1) is 5.33. The fraction of sp³-hybridized carbons (Fsp3) is 0.333. The molecule has 0 spiro atoms. The number of nitrogens with two attached hydrogens (primary N) is 1. The van der Waals surface area contributed by atoms with Crippen LogP contribution in [0.15, 0.2) is 30.3 Å². The van der Waals surface area contributed by atoms with Crippen LogP contribution in [0.3, 0.4) is 0 Å². The van der Waals surface area contributed by atoms with Crippen molar-refractivity contribution in [1.29, 1.82) is 0 Å². The number of halogens is 1. The Balaban J connectivity index is 0.00000121. The second kappa shape index (κ2) is 6.35. The van der Waals surface area contributed by atoms with E-state index in [0.717, 1.165) is 12.2 Å². The zero-order valence-corrected chi connectivity index (χ0v) is 8.52. The Morgan fingerprint density at radius 2 is 1.83 bits per heavy atom. The summed E-state index contributed by atoms with van der Waals surface area (Å²) in [4.78, 5) is 0. The summed E-state index contributed by atoms with van der Waals surface area (Å²) in [6, 6.07) is 10.4. The van der Waals surface area contributed by atoms with E-state index in [1.807, 2.05) is 18.2 Å². The molecule has 0 unspecified atom stereocenters. The maximum atomic E-state index is 5.73. The molecule has 0 bridgehead atoms. The van der Waals surface area contributed by atoms with Gasteiger partial charge in [-0.3, -0.25) is 0 Å². The number of hydrogen-bond donors (Lipinski definition) is 2. The lowest BCUT2D eigenvalue weighted by Gasteiger charge is -2.06. The van der Waals surface area contributed by atoms with E-state index < -0.39 is 0 Å². The molecule has 0 aliphatic heterocycles. The number of hydrogen-bond acceptors (Lipinski definition) is 2. The van der Waals surface area contributed by atoms with Gasteiger partial charge in [-0.05, 0) is 12.0 Å². The molecule has 68 valence electrons. The fourth-order valence-electron chi connectivity index (χ4n) is 0.981. The molecule has 2 N–H and O–H groups in total. The van der Waals surface area contributed by atoms with Crippen LogP contribution in [0.4, 0.5) is 0 Å². The van der Waals surface area contributed by atoms with Crippen LogP contribution in [0.25, 0.3) is 0 Å². The molecule has 3 heteroatoms. The van der Waals surface area contributed by atoms with Crippen LogP contribution < -0.4 is 5.73 Å². The number of rotatable bonds is 3. The average molecular weight is 204 g/mol. The molecule has 0 fully saturated rings. The topological polar surface area (TPSA) is 26.0 Å². The Labute approximate surface area is 85.2 Å². The zero-order chi connectivity index (χ0) is 8.10. The molecule has 1 nitrogen and oxygen atoms in total. The van der Waals surface area contributed by atoms with Gasteiger partial charge in [0.1, 0.15) is 0 Å². The van der Waals surface area contributed by atoms with E-state index in [2.05, 4.69) is 24.8 Å². The summed E-state index contributed by atoms with van der Waals surface area (Å²) in [5.41, 5.74) is 7.01. The first-order valence-corrected chi connectivity index (χ1v) is 4.36. The van der Waals surface area contributed by atoms with Crippen LogP contribution in [-0.4, -0.2) is 11.8 Å². The van der Waals surface area contributed by atoms with Crippen molar-refractivity contribution in [2.24, 2.45) is 5.73 Å². The Hall–Kier alpha value is -0.180. The van der Waals surface area contributed by atoms with Crippen LogP contribution in [0.5, 0.6) is 0 Å². The maximum Gasteiger partial charge on any atom is 0.0168 e. The molecule has 0 amide bonds. The lowest BCUT2D eigenvalue weighted by molar-refractivity contribution is 0.751. The Morgan fingerprint density at radius 3 is 2.33 bits per heavy atom. The van der Waals surface area contributed by atoms with Gasteiger partial charge in [-0.15, -0.1) is 12.4 Å². The van der Waals surface area contributed by atoms with E-state index in [1.165, 1.54) is 5.56 Å². The highest BCUT2D eigenvalue weighted by atomic mass is 35.5. The largest absolute Gasteiger partial charge is 0.327 e. The minimum Gasteiger partial charge on any atom is -0.327 e. The van der Waals surface area contributed by atoms with Gasteiger partial charge in [0.15, 0.2) is 0 Å². The van der Waals surface area contributed by atoms with Crippen molar-refractivity contribution in [3.8, 4) is 0 Å². The highest BCUT2D eigenvalue weighted by molar-refractivity contribution is 7.80. The van der Waals surface area contributed by atoms with Crippen molar-refractivity contribution >= 4 is 25.0 Å². The SMILES string of the molecule is Cl.N[C@@H](CS)Cc1ccccc1. The van der Waals surface area contributed by atoms with Crippen LogP contribution in [0.2, 0.25) is 0 Å². The summed E-state index contributed by atoms with van der Waals surface area (Å²) in [6.45, 7) is 0. The predicted molar refractivity (Wildman–Crippen MR) is 59.2 cm³/mol. The predicted octanol–water partition coefficient (Wildman–Crippen LogP) is 1.91. The molecule has 0 aliphatic rings. The quantitative estimate of drug-likeness (QED) is 0.722. The second-order valence-corrected chi connectivity index (χ2v) is 3.00. The van der Waals surface area contributed by atoms with Crippen molar-refractivity contribution < 1.29 is 0 Å². The van der Waals surface area contributed by atoms with Crippen molar-refractivity contribution in [1.82, 2.24) is 0 Å². The summed E-state index contributed by atoms with van der Waals surface area (Å²) in [5.74, 6) is 0.745. The molecular weight excluding hydrogens is 190 g/mol. The summed E-state index contributed by atoms with van der Waals surface area (Å²) in [5, 5.41) is 0. The average Bonchev–Trinajstić information content (AvgIpc) is 2.06. The molecule has 0 saturated carbocycles. The molecular formula is C9H14ClNS. The van der Waals surface area contributed by atoms with Gasteiger partial charge in [0, 0.05) is 11.8 Å². The van der Waals surface area contributed by atoms with Gasteiger partial charge >= 0.3 is 0 Å². The molecule has 1 aromatic carbocycles. The molecule has 12 heavy (non-hydrogen) atoms. The molecule has 1 atom stereocenters. The molecule has 0 aromatic heterocycles. The van der Waals surface area contributed by atoms with E-state index in [9.17, 15) is 0 Å². The fourth-order valence-corrected chi connectivity index (χ4v) is 1.11. The highest BCUT2D eigenvalue weighted by Gasteiger charge is 1.99. The normalized spacial score (nSPS) is 11.8. The summed E-state index contributed by atoms with van der Waals surface area (Å²) < 4.78 is 0. The number of benzene rings is 1. The van der Waals surface area contributed by atoms with Gasteiger partial charge in [0.25, 0.3) is 0 Å². The third kappa shape index (κ3) is 4.00. The molecule has 1 rings (SSSR count). The first kappa shape index (κ1) is 11.8. The molecule has 0 saturated heterocycles. The van der Waals surface area contributed by atoms with Crippen molar-refractivity contribution in [2.45, 2.75) is 12.5 Å². The van der Waals surface area contributed by atoms with Gasteiger partial charge < -0.3 is 5.73 Å². The Bertz CT molecular complexity index is 203. The lowest BCUT2D eigenvalue weighted by atomic mass is 10.1. The second-order valence-electron chi connectivity index (χ2n) is 2.63. The van der Waals surface area contributed by atoms with Crippen molar-refractivity contribution in [3.63, 3.8) is 0 Å². The Kier molecular flexibility index (Phi) is 6.25. The standard InChI is InChI=1S/C9H13NS.ClH/c10-9(7-11)6-8-4-2-1-3-5-8;/h1-5,9,11H,6-7,10H2;1H/t9-;/m1./s1. The Morgan fingerprint density at radius 1 is 1.25 bits per heavy atom. The number of thiol groups is 1. The lowest BCUT2D eigenvalue weighted by Crippen LogP contribution is -2.24. The third-order valence-electron chi connectivity index (χ3n) is 1.58. The van der Waals surface area contributed by atoms with E-state index in [1.54, 1.807) is 0 Å². The van der Waals surface area contributed by atoms with Crippen LogP contribution in [0, 0.1) is 0 Å². The molecule has 0 heterocycles. The van der Waals surface area contributed by atoms with Crippen LogP contribution in [-0.2, 0) is 6.42 Å². The maximum absolute atomic E-state index is 5.73. The minimum absolute atomic E-state index is 0. The molecule has 0 radical (unpaired) electrons. The molecule has 0 aliphatic carbocycles. The minimum atomic E-state index is 0. The molecule has 1 aromatic rings. The summed E-state index contributed by atoms with van der Waals surface area (Å²) in [6.07, 6.45) is 0.921. The van der Waals surface area contributed by atoms with Crippen LogP contribution in [0.1, 0.15) is 5.56 Å². The summed E-state index contributed by atoms with van der Waals surface area (Å²) >= 11 is 4.12. The van der Waals surface area contributed by atoms with Gasteiger partial charge in [-0.2, -0.15) is 12.6 Å². The van der Waals surface area contributed by atoms with Gasteiger partial charge in [-0.1, -0.05) is 30.3 Å². The van der Waals surface area contributed by atoms with Gasteiger partial charge in [-0.25, -0.2) is 0 Å². The van der Waals surface area contributed by atoms with E-state index >= 15 is 0 Å². The smallest absolute Gasteiger partial charge is 0.0168 e. The van der Waals surface area contributed by atoms with Gasteiger partial charge in [0.05, 0.1) is 0 Å².